The maximum absolute atomic E-state index is 3.32. The van der Waals surface area contributed by atoms with Gasteiger partial charge in [0.25, 0.3) is 5.65 Å². The van der Waals surface area contributed by atoms with E-state index in [1.165, 1.54) is 49.5 Å². The maximum Gasteiger partial charge on any atom is 0.283 e. The molecule has 33 heavy (non-hydrogen) atoms. The molecule has 0 atom stereocenters. The third-order valence-electron chi connectivity index (χ3n) is 7.54. The minimum atomic E-state index is -0.0704. The smallest absolute Gasteiger partial charge is 0.243 e. The van der Waals surface area contributed by atoms with E-state index in [9.17, 15) is 0 Å². The molecule has 6 rings (SSSR count). The number of hydrogen-bond acceptors (Lipinski definition) is 0. The summed E-state index contributed by atoms with van der Waals surface area (Å²) in [6, 6.07) is 23.2. The van der Waals surface area contributed by atoms with E-state index in [-0.39, 0.29) is 52.2 Å². The zero-order valence-corrected chi connectivity index (χ0v) is 25.4. The fourth-order valence-corrected chi connectivity index (χ4v) is 5.44. The number of fused-ring (bicyclic) bond motifs is 6. The summed E-state index contributed by atoms with van der Waals surface area (Å²) in [5, 5.41) is 4.12. The third-order valence-corrected chi connectivity index (χ3v) is 7.54. The second-order valence-corrected chi connectivity index (χ2v) is 9.29. The fraction of sp³-hybridized carbons (Fsp3) is 0.367. The van der Waals surface area contributed by atoms with Gasteiger partial charge in [0.1, 0.15) is 11.1 Å². The molecule has 1 aliphatic heterocycles. The first-order chi connectivity index (χ1) is 15.4. The molecule has 0 fully saturated rings. The Morgan fingerprint density at radius 2 is 1.48 bits per heavy atom. The molecule has 0 N–H and O–H groups in total. The molecule has 0 bridgehead atoms. The number of aryl methyl sites for hydroxylation is 1. The summed E-state index contributed by atoms with van der Waals surface area (Å²) in [5.41, 5.74) is 7.80. The van der Waals surface area contributed by atoms with Gasteiger partial charge in [-0.2, -0.15) is 12.1 Å². The zero-order valence-electron chi connectivity index (χ0n) is 21.7. The molecule has 1 radical (unpaired) electrons. The first kappa shape index (κ1) is 26.1. The van der Waals surface area contributed by atoms with E-state index < -0.39 is 0 Å². The van der Waals surface area contributed by atoms with Gasteiger partial charge in [0.05, 0.1) is 16.4 Å². The average Bonchev–Trinajstić information content (AvgIpc) is 3.17. The molecule has 2 aromatic heterocycles. The summed E-state index contributed by atoms with van der Waals surface area (Å²) in [4.78, 5) is 0. The summed E-state index contributed by atoms with van der Waals surface area (Å²) in [7, 11) is 0. The van der Waals surface area contributed by atoms with Crippen molar-refractivity contribution in [2.75, 3.05) is 0 Å². The van der Waals surface area contributed by atoms with Crippen LogP contribution in [0.5, 0.6) is 0 Å². The molecule has 0 aliphatic carbocycles. The van der Waals surface area contributed by atoms with Crippen molar-refractivity contribution in [3.05, 3.63) is 71.8 Å². The molecule has 3 aromatic carbocycles. The SMILES string of the molecule is CC.CC.Cc1ccc2c3c1c1ccccc1n1c4c[c-]ccc4[n+](c31)C(C)(C)C2(C)C.[Pr]. The number of pyridine rings is 1. The van der Waals surface area contributed by atoms with Crippen molar-refractivity contribution in [3.63, 3.8) is 0 Å². The van der Waals surface area contributed by atoms with Crippen molar-refractivity contribution in [3.8, 4) is 0 Å². The fourth-order valence-electron chi connectivity index (χ4n) is 5.44. The summed E-state index contributed by atoms with van der Waals surface area (Å²) in [5.74, 6) is 0. The predicted octanol–water partition coefficient (Wildman–Crippen LogP) is 7.87. The first-order valence-electron chi connectivity index (χ1n) is 12.1. The number of nitrogens with zero attached hydrogens (tertiary/aromatic N) is 2. The molecule has 2 nitrogen and oxygen atoms in total. The van der Waals surface area contributed by atoms with E-state index in [0.717, 1.165) is 0 Å². The number of para-hydroxylation sites is 1. The molecule has 1 aliphatic rings. The van der Waals surface area contributed by atoms with E-state index in [4.69, 9.17) is 0 Å². The van der Waals surface area contributed by atoms with Crippen LogP contribution in [0.25, 0.3) is 38.4 Å². The largest absolute Gasteiger partial charge is 0.283 e. The molecule has 3 heteroatoms. The van der Waals surface area contributed by atoms with Gasteiger partial charge >= 0.3 is 0 Å². The van der Waals surface area contributed by atoms with E-state index in [2.05, 4.69) is 98.2 Å². The van der Waals surface area contributed by atoms with Gasteiger partial charge in [-0.25, -0.2) is 8.97 Å². The van der Waals surface area contributed by atoms with Crippen LogP contribution in [-0.4, -0.2) is 4.40 Å². The summed E-state index contributed by atoms with van der Waals surface area (Å²) >= 11 is 0. The molecule has 0 saturated carbocycles. The van der Waals surface area contributed by atoms with Gasteiger partial charge in [-0.3, -0.25) is 0 Å². The zero-order chi connectivity index (χ0) is 23.4. The van der Waals surface area contributed by atoms with Crippen LogP contribution in [-0.2, 0) is 11.0 Å². The van der Waals surface area contributed by atoms with Gasteiger partial charge in [0, 0.05) is 57.5 Å². The van der Waals surface area contributed by atoms with Crippen molar-refractivity contribution in [1.29, 1.82) is 0 Å². The van der Waals surface area contributed by atoms with Crippen molar-refractivity contribution in [1.82, 2.24) is 4.40 Å². The van der Waals surface area contributed by atoms with Crippen LogP contribution in [0, 0.1) is 54.3 Å². The van der Waals surface area contributed by atoms with Crippen LogP contribution in [0.4, 0.5) is 0 Å². The van der Waals surface area contributed by atoms with Crippen LogP contribution < -0.4 is 4.57 Å². The summed E-state index contributed by atoms with van der Waals surface area (Å²) in [6.07, 6.45) is 0. The van der Waals surface area contributed by atoms with Crippen LogP contribution in [0.2, 0.25) is 0 Å². The Hall–Kier alpha value is -1.51. The minimum Gasteiger partial charge on any atom is -0.243 e. The number of benzene rings is 3. The second-order valence-electron chi connectivity index (χ2n) is 9.29. The number of imidazole rings is 1. The van der Waals surface area contributed by atoms with Crippen molar-refractivity contribution in [2.24, 2.45) is 0 Å². The van der Waals surface area contributed by atoms with Crippen molar-refractivity contribution in [2.45, 2.75) is 73.3 Å². The van der Waals surface area contributed by atoms with E-state index in [1.807, 2.05) is 33.8 Å². The summed E-state index contributed by atoms with van der Waals surface area (Å²) < 4.78 is 5.04. The Morgan fingerprint density at radius 1 is 0.818 bits per heavy atom. The Kier molecular flexibility index (Phi) is 7.33. The molecule has 0 spiro atoms. The van der Waals surface area contributed by atoms with Gasteiger partial charge in [-0.1, -0.05) is 71.9 Å². The molecule has 169 valence electrons. The predicted molar refractivity (Wildman–Crippen MR) is 139 cm³/mol. The molecule has 0 unspecified atom stereocenters. The van der Waals surface area contributed by atoms with Crippen LogP contribution in [0.3, 0.4) is 0 Å². The average molecular weight is 566 g/mol. The van der Waals surface area contributed by atoms with Crippen molar-refractivity contribution < 1.29 is 45.9 Å². The Labute approximate surface area is 231 Å². The van der Waals surface area contributed by atoms with Gasteiger partial charge in [-0.15, -0.1) is 12.1 Å². The molecular formula is C30H36N2Pr. The number of hydrogen-bond donors (Lipinski definition) is 0. The van der Waals surface area contributed by atoms with Crippen LogP contribution in [0.15, 0.2) is 54.6 Å². The third kappa shape index (κ3) is 3.31. The molecule has 0 amide bonds. The maximum atomic E-state index is 3.32. The van der Waals surface area contributed by atoms with Gasteiger partial charge in [-0.05, 0) is 38.0 Å². The van der Waals surface area contributed by atoms with E-state index >= 15 is 0 Å². The van der Waals surface area contributed by atoms with Gasteiger partial charge in [0.2, 0.25) is 0 Å². The van der Waals surface area contributed by atoms with E-state index in [0.29, 0.717) is 0 Å². The number of aromatic nitrogens is 2. The van der Waals surface area contributed by atoms with Crippen molar-refractivity contribution >= 4 is 38.4 Å². The Bertz CT molecular complexity index is 1470. The minimum absolute atomic E-state index is 0. The van der Waals surface area contributed by atoms with E-state index in [1.54, 1.807) is 0 Å². The van der Waals surface area contributed by atoms with Crippen LogP contribution in [0.1, 0.15) is 66.5 Å². The second kappa shape index (κ2) is 9.27. The topological polar surface area (TPSA) is 8.29 Å². The summed E-state index contributed by atoms with van der Waals surface area (Å²) in [6.45, 7) is 19.8. The van der Waals surface area contributed by atoms with Gasteiger partial charge in [0.15, 0.2) is 0 Å². The Balaban J connectivity index is 0.000000583. The normalized spacial score (nSPS) is 15.1. The molecule has 3 heterocycles. The molecule has 5 aromatic rings. The Morgan fingerprint density at radius 3 is 2.18 bits per heavy atom. The van der Waals surface area contributed by atoms with Gasteiger partial charge < -0.3 is 0 Å². The molecular weight excluding hydrogens is 529 g/mol. The standard InChI is InChI=1S/C26H24N2.2C2H6.Pr/c1-16-14-15-18-23-22(16)17-10-6-7-11-19(17)27-20-12-8-9-13-21(20)28(24(23)27)26(4,5)25(18,2)3;2*1-2;/h6-7,9-15H,1-5H3;2*1-2H3;. The first-order valence-corrected chi connectivity index (χ1v) is 12.1. The molecule has 0 saturated heterocycles. The quantitative estimate of drug-likeness (QED) is 0.103. The number of rotatable bonds is 0. The van der Waals surface area contributed by atoms with Crippen LogP contribution >= 0.6 is 0 Å². The monoisotopic (exact) mass is 565 g/mol.